The van der Waals surface area contributed by atoms with E-state index in [0.29, 0.717) is 32.4 Å². The van der Waals surface area contributed by atoms with Gasteiger partial charge in [0.25, 0.3) is 0 Å². The molecule has 0 radical (unpaired) electrons. The van der Waals surface area contributed by atoms with E-state index >= 15 is 0 Å². The Labute approximate surface area is 95.9 Å². The fourth-order valence-electron chi connectivity index (χ4n) is 2.30. The molecule has 0 aromatic rings. The zero-order valence-electron chi connectivity index (χ0n) is 9.61. The summed E-state index contributed by atoms with van der Waals surface area (Å²) in [4.78, 5) is 24.8. The van der Waals surface area contributed by atoms with E-state index in [1.807, 2.05) is 0 Å². The first-order valence-corrected chi connectivity index (χ1v) is 6.17. The maximum absolute atomic E-state index is 11.9. The fraction of sp³-hybridized carbons (Fsp3) is 0.833. The molecule has 2 saturated heterocycles. The van der Waals surface area contributed by atoms with Gasteiger partial charge in [-0.2, -0.15) is 0 Å². The van der Waals surface area contributed by atoms with Crippen molar-refractivity contribution in [1.29, 1.82) is 0 Å². The zero-order chi connectivity index (χ0) is 11.4. The van der Waals surface area contributed by atoms with Crippen molar-refractivity contribution in [2.75, 3.05) is 19.7 Å². The topological polar surface area (TPSA) is 46.6 Å². The molecule has 2 heterocycles. The molecule has 0 aliphatic carbocycles. The molecule has 1 amide bonds. The van der Waals surface area contributed by atoms with Crippen molar-refractivity contribution in [3.8, 4) is 0 Å². The molecule has 2 fully saturated rings. The SMILES string of the molecule is O=C1CCN(C(=O)CC2CCCCO2)CC1. The number of likely N-dealkylation sites (tertiary alicyclic amines) is 1. The van der Waals surface area contributed by atoms with Crippen molar-refractivity contribution in [1.82, 2.24) is 4.90 Å². The van der Waals surface area contributed by atoms with Crippen molar-refractivity contribution < 1.29 is 14.3 Å². The highest BCUT2D eigenvalue weighted by Crippen LogP contribution is 2.17. The van der Waals surface area contributed by atoms with Crippen LogP contribution in [0.25, 0.3) is 0 Å². The Morgan fingerprint density at radius 3 is 2.69 bits per heavy atom. The average Bonchev–Trinajstić information content (AvgIpc) is 2.31. The van der Waals surface area contributed by atoms with Gasteiger partial charge >= 0.3 is 0 Å². The summed E-state index contributed by atoms with van der Waals surface area (Å²) < 4.78 is 5.55. The summed E-state index contributed by atoms with van der Waals surface area (Å²) in [5.74, 6) is 0.428. The highest BCUT2D eigenvalue weighted by Gasteiger charge is 2.24. The van der Waals surface area contributed by atoms with Gasteiger partial charge in [-0.15, -0.1) is 0 Å². The van der Waals surface area contributed by atoms with E-state index in [2.05, 4.69) is 0 Å². The molecule has 0 aromatic heterocycles. The molecular formula is C12H19NO3. The molecule has 0 spiro atoms. The van der Waals surface area contributed by atoms with Crippen LogP contribution in [0.3, 0.4) is 0 Å². The van der Waals surface area contributed by atoms with E-state index in [0.717, 1.165) is 25.9 Å². The zero-order valence-corrected chi connectivity index (χ0v) is 9.61. The first-order valence-electron chi connectivity index (χ1n) is 6.17. The van der Waals surface area contributed by atoms with Crippen LogP contribution in [0.2, 0.25) is 0 Å². The molecule has 0 saturated carbocycles. The smallest absolute Gasteiger partial charge is 0.225 e. The number of carbonyl (C=O) groups excluding carboxylic acids is 2. The van der Waals surface area contributed by atoms with Crippen LogP contribution in [0.4, 0.5) is 0 Å². The van der Waals surface area contributed by atoms with Gasteiger partial charge in [-0.05, 0) is 19.3 Å². The summed E-state index contributed by atoms with van der Waals surface area (Å²) in [6.07, 6.45) is 4.93. The predicted molar refractivity (Wildman–Crippen MR) is 59.0 cm³/mol. The van der Waals surface area contributed by atoms with Crippen molar-refractivity contribution in [3.63, 3.8) is 0 Å². The molecule has 16 heavy (non-hydrogen) atoms. The molecule has 1 atom stereocenters. The number of Topliss-reactive ketones (excluding diaryl/α,β-unsaturated/α-hetero) is 1. The second-order valence-electron chi connectivity index (χ2n) is 4.61. The van der Waals surface area contributed by atoms with Crippen molar-refractivity contribution in [3.05, 3.63) is 0 Å². The number of hydrogen-bond acceptors (Lipinski definition) is 3. The Hall–Kier alpha value is -0.900. The molecule has 90 valence electrons. The van der Waals surface area contributed by atoms with E-state index in [-0.39, 0.29) is 17.8 Å². The van der Waals surface area contributed by atoms with Crippen LogP contribution in [0.5, 0.6) is 0 Å². The Kier molecular flexibility index (Phi) is 3.93. The van der Waals surface area contributed by atoms with Crippen LogP contribution in [0, 0.1) is 0 Å². The van der Waals surface area contributed by atoms with Gasteiger partial charge in [0.1, 0.15) is 5.78 Å². The maximum atomic E-state index is 11.9. The molecule has 0 aromatic carbocycles. The fourth-order valence-corrected chi connectivity index (χ4v) is 2.30. The van der Waals surface area contributed by atoms with Crippen molar-refractivity contribution in [2.24, 2.45) is 0 Å². The van der Waals surface area contributed by atoms with E-state index in [1.165, 1.54) is 0 Å². The highest BCUT2D eigenvalue weighted by molar-refractivity contribution is 5.83. The molecule has 0 N–H and O–H groups in total. The minimum atomic E-state index is 0.110. The van der Waals surface area contributed by atoms with E-state index in [1.54, 1.807) is 4.90 Å². The summed E-state index contributed by atoms with van der Waals surface area (Å²) in [6.45, 7) is 1.99. The van der Waals surface area contributed by atoms with E-state index < -0.39 is 0 Å². The van der Waals surface area contributed by atoms with Crippen molar-refractivity contribution >= 4 is 11.7 Å². The first-order chi connectivity index (χ1) is 7.75. The largest absolute Gasteiger partial charge is 0.378 e. The minimum absolute atomic E-state index is 0.110. The minimum Gasteiger partial charge on any atom is -0.378 e. The Bertz CT molecular complexity index is 261. The lowest BCUT2D eigenvalue weighted by molar-refractivity contribution is -0.137. The van der Waals surface area contributed by atoms with Crippen LogP contribution >= 0.6 is 0 Å². The van der Waals surface area contributed by atoms with Gasteiger partial charge in [-0.3, -0.25) is 9.59 Å². The van der Waals surface area contributed by atoms with Crippen LogP contribution in [-0.2, 0) is 14.3 Å². The standard InChI is InChI=1S/C12H19NO3/c14-10-4-6-13(7-5-10)12(15)9-11-3-1-2-8-16-11/h11H,1-9H2. The van der Waals surface area contributed by atoms with E-state index in [4.69, 9.17) is 4.74 Å². The summed E-state index contributed by atoms with van der Waals surface area (Å²) in [5.41, 5.74) is 0. The quantitative estimate of drug-likeness (QED) is 0.708. The number of ketones is 1. The monoisotopic (exact) mass is 225 g/mol. The third-order valence-corrected chi connectivity index (χ3v) is 3.35. The van der Waals surface area contributed by atoms with Gasteiger partial charge in [0.05, 0.1) is 12.5 Å². The van der Waals surface area contributed by atoms with Gasteiger partial charge in [-0.25, -0.2) is 0 Å². The normalized spacial score (nSPS) is 26.9. The van der Waals surface area contributed by atoms with Crippen molar-refractivity contribution in [2.45, 2.75) is 44.6 Å². The van der Waals surface area contributed by atoms with Crippen LogP contribution in [-0.4, -0.2) is 42.4 Å². The lowest BCUT2D eigenvalue weighted by atomic mass is 10.0. The molecule has 1 unspecified atom stereocenters. The Morgan fingerprint density at radius 1 is 1.31 bits per heavy atom. The Balaban J connectivity index is 1.76. The number of ether oxygens (including phenoxy) is 1. The van der Waals surface area contributed by atoms with Gasteiger partial charge in [-0.1, -0.05) is 0 Å². The molecule has 0 bridgehead atoms. The number of piperidine rings is 1. The second kappa shape index (κ2) is 5.43. The third-order valence-electron chi connectivity index (χ3n) is 3.35. The predicted octanol–water partition coefficient (Wildman–Crippen LogP) is 1.14. The van der Waals surface area contributed by atoms with Gasteiger partial charge in [0.15, 0.2) is 0 Å². The first kappa shape index (κ1) is 11.6. The third kappa shape index (κ3) is 3.04. The summed E-state index contributed by atoms with van der Waals surface area (Å²) >= 11 is 0. The molecule has 2 aliphatic rings. The molecule has 2 aliphatic heterocycles. The average molecular weight is 225 g/mol. The Morgan fingerprint density at radius 2 is 2.06 bits per heavy atom. The van der Waals surface area contributed by atoms with Crippen LogP contribution in [0.15, 0.2) is 0 Å². The number of nitrogens with zero attached hydrogens (tertiary/aromatic N) is 1. The number of amides is 1. The molecule has 4 nitrogen and oxygen atoms in total. The summed E-state index contributed by atoms with van der Waals surface area (Å²) in [6, 6.07) is 0. The van der Waals surface area contributed by atoms with Crippen LogP contribution < -0.4 is 0 Å². The van der Waals surface area contributed by atoms with Gasteiger partial charge in [0.2, 0.25) is 5.91 Å². The van der Waals surface area contributed by atoms with Gasteiger partial charge < -0.3 is 9.64 Å². The molecule has 2 rings (SSSR count). The van der Waals surface area contributed by atoms with E-state index in [9.17, 15) is 9.59 Å². The molecular weight excluding hydrogens is 206 g/mol. The number of hydrogen-bond donors (Lipinski definition) is 0. The van der Waals surface area contributed by atoms with Crippen LogP contribution in [0.1, 0.15) is 38.5 Å². The summed E-state index contributed by atoms with van der Waals surface area (Å²) in [7, 11) is 0. The number of rotatable bonds is 2. The summed E-state index contributed by atoms with van der Waals surface area (Å²) in [5, 5.41) is 0. The lowest BCUT2D eigenvalue weighted by Crippen LogP contribution is -2.40. The maximum Gasteiger partial charge on any atom is 0.225 e. The number of carbonyl (C=O) groups is 2. The highest BCUT2D eigenvalue weighted by atomic mass is 16.5. The lowest BCUT2D eigenvalue weighted by Gasteiger charge is -2.29. The molecule has 4 heteroatoms. The second-order valence-corrected chi connectivity index (χ2v) is 4.61. The van der Waals surface area contributed by atoms with Gasteiger partial charge in [0, 0.05) is 32.5 Å².